The van der Waals surface area contributed by atoms with Crippen molar-refractivity contribution in [3.05, 3.63) is 52.5 Å². The van der Waals surface area contributed by atoms with E-state index in [0.717, 1.165) is 12.2 Å². The van der Waals surface area contributed by atoms with Crippen LogP contribution in [0.4, 0.5) is 0 Å². The number of rotatable bonds is 5. The average Bonchev–Trinajstić information content (AvgIpc) is 3.12. The highest BCUT2D eigenvalue weighted by Gasteiger charge is 2.31. The average molecular weight is 424 g/mol. The summed E-state index contributed by atoms with van der Waals surface area (Å²) in [5.41, 5.74) is 1.86. The molecule has 0 spiro atoms. The molecule has 0 radical (unpaired) electrons. The number of benzene rings is 1. The van der Waals surface area contributed by atoms with Gasteiger partial charge in [-0.1, -0.05) is 0 Å². The fraction of sp³-hybridized carbons (Fsp3) is 0.458. The van der Waals surface area contributed by atoms with Crippen LogP contribution in [0.25, 0.3) is 0 Å². The summed E-state index contributed by atoms with van der Waals surface area (Å²) in [5, 5.41) is 3.02. The Bertz CT molecular complexity index is 984. The van der Waals surface area contributed by atoms with Crippen molar-refractivity contribution in [2.24, 2.45) is 0 Å². The van der Waals surface area contributed by atoms with Crippen molar-refractivity contribution in [3.8, 4) is 5.75 Å². The molecule has 0 unspecified atom stereocenters. The minimum absolute atomic E-state index is 0.0131. The number of hydrogen-bond acceptors (Lipinski definition) is 5. The minimum atomic E-state index is -0.281. The fourth-order valence-electron chi connectivity index (χ4n) is 4.39. The number of fused-ring (bicyclic) bond motifs is 1. The van der Waals surface area contributed by atoms with Crippen LogP contribution in [0.2, 0.25) is 0 Å². The first-order chi connectivity index (χ1) is 15.0. The van der Waals surface area contributed by atoms with Crippen LogP contribution in [0.5, 0.6) is 5.75 Å². The van der Waals surface area contributed by atoms with Crippen molar-refractivity contribution >= 4 is 17.6 Å². The number of piperidine rings is 1. The van der Waals surface area contributed by atoms with Crippen molar-refractivity contribution < 1.29 is 23.5 Å². The molecule has 7 heteroatoms. The molecule has 1 fully saturated rings. The lowest BCUT2D eigenvalue weighted by atomic mass is 9.94. The SMILES string of the molecule is CCOc1ccc(C(=O)N2CCC(NC(=O)c3oc4c(c3C)C(=O)CCC4)CC2)cc1. The number of ketones is 1. The summed E-state index contributed by atoms with van der Waals surface area (Å²) >= 11 is 0. The van der Waals surface area contributed by atoms with Gasteiger partial charge in [-0.3, -0.25) is 14.4 Å². The molecule has 1 aromatic heterocycles. The Balaban J connectivity index is 1.33. The lowest BCUT2D eigenvalue weighted by Gasteiger charge is -2.32. The van der Waals surface area contributed by atoms with Gasteiger partial charge in [0.25, 0.3) is 11.8 Å². The number of likely N-dealkylation sites (tertiary alicyclic amines) is 1. The first-order valence-electron chi connectivity index (χ1n) is 11.0. The summed E-state index contributed by atoms with van der Waals surface area (Å²) in [6.45, 7) is 5.43. The molecular formula is C24H28N2O5. The van der Waals surface area contributed by atoms with E-state index in [4.69, 9.17) is 9.15 Å². The van der Waals surface area contributed by atoms with Gasteiger partial charge in [-0.25, -0.2) is 0 Å². The van der Waals surface area contributed by atoms with Crippen LogP contribution in [0.1, 0.15) is 75.2 Å². The van der Waals surface area contributed by atoms with Gasteiger partial charge in [0.15, 0.2) is 11.5 Å². The zero-order valence-electron chi connectivity index (χ0n) is 18.0. The van der Waals surface area contributed by atoms with Crippen molar-refractivity contribution in [2.45, 2.75) is 52.0 Å². The van der Waals surface area contributed by atoms with Gasteiger partial charge in [-0.15, -0.1) is 0 Å². The number of amides is 2. The Morgan fingerprint density at radius 1 is 1.16 bits per heavy atom. The molecule has 0 saturated carbocycles. The number of furan rings is 1. The predicted octanol–water partition coefficient (Wildman–Crippen LogP) is 3.54. The largest absolute Gasteiger partial charge is 0.494 e. The first kappa shape index (κ1) is 21.2. The standard InChI is InChI=1S/C24H28N2O5/c1-3-30-18-9-7-16(8-10-18)24(29)26-13-11-17(12-14-26)25-23(28)22-15(2)21-19(27)5-4-6-20(21)31-22/h7-10,17H,3-6,11-14H2,1-2H3,(H,25,28). The zero-order chi connectivity index (χ0) is 22.0. The molecular weight excluding hydrogens is 396 g/mol. The summed E-state index contributed by atoms with van der Waals surface area (Å²) in [5.74, 6) is 1.39. The maximum absolute atomic E-state index is 12.8. The molecule has 2 aromatic rings. The number of Topliss-reactive ketones (excluding diaryl/α,β-unsaturated/α-hetero) is 1. The highest BCUT2D eigenvalue weighted by atomic mass is 16.5. The highest BCUT2D eigenvalue weighted by Crippen LogP contribution is 2.29. The Kier molecular flexibility index (Phi) is 6.11. The molecule has 0 bridgehead atoms. The predicted molar refractivity (Wildman–Crippen MR) is 115 cm³/mol. The molecule has 1 N–H and O–H groups in total. The van der Waals surface area contributed by atoms with E-state index in [-0.39, 0.29) is 29.4 Å². The van der Waals surface area contributed by atoms with Gasteiger partial charge in [0.2, 0.25) is 0 Å². The van der Waals surface area contributed by atoms with Crippen LogP contribution < -0.4 is 10.1 Å². The third-order valence-electron chi connectivity index (χ3n) is 6.04. The van der Waals surface area contributed by atoms with Gasteiger partial charge in [0, 0.05) is 43.1 Å². The van der Waals surface area contributed by atoms with Gasteiger partial charge in [-0.05, 0) is 57.4 Å². The van der Waals surface area contributed by atoms with E-state index in [1.807, 2.05) is 11.8 Å². The van der Waals surface area contributed by atoms with Crippen LogP contribution in [0.15, 0.2) is 28.7 Å². The van der Waals surface area contributed by atoms with E-state index in [1.165, 1.54) is 0 Å². The Morgan fingerprint density at radius 2 is 1.87 bits per heavy atom. The molecule has 1 saturated heterocycles. The maximum atomic E-state index is 12.8. The van der Waals surface area contributed by atoms with Crippen molar-refractivity contribution in [1.29, 1.82) is 0 Å². The minimum Gasteiger partial charge on any atom is -0.494 e. The quantitative estimate of drug-likeness (QED) is 0.793. The van der Waals surface area contributed by atoms with E-state index < -0.39 is 0 Å². The van der Waals surface area contributed by atoms with E-state index in [9.17, 15) is 14.4 Å². The van der Waals surface area contributed by atoms with E-state index in [2.05, 4.69) is 5.32 Å². The second-order valence-electron chi connectivity index (χ2n) is 8.13. The van der Waals surface area contributed by atoms with Crippen LogP contribution in [0.3, 0.4) is 0 Å². The van der Waals surface area contributed by atoms with Gasteiger partial charge >= 0.3 is 0 Å². The van der Waals surface area contributed by atoms with Crippen LogP contribution >= 0.6 is 0 Å². The number of carbonyl (C=O) groups excluding carboxylic acids is 3. The molecule has 31 heavy (non-hydrogen) atoms. The van der Waals surface area contributed by atoms with Crippen LogP contribution in [0, 0.1) is 6.92 Å². The summed E-state index contributed by atoms with van der Waals surface area (Å²) in [6, 6.07) is 7.14. The summed E-state index contributed by atoms with van der Waals surface area (Å²) in [7, 11) is 0. The molecule has 2 heterocycles. The molecule has 7 nitrogen and oxygen atoms in total. The molecule has 1 aromatic carbocycles. The third-order valence-corrected chi connectivity index (χ3v) is 6.04. The number of ether oxygens (including phenoxy) is 1. The number of nitrogens with one attached hydrogen (secondary N) is 1. The lowest BCUT2D eigenvalue weighted by molar-refractivity contribution is 0.0695. The Morgan fingerprint density at radius 3 is 2.52 bits per heavy atom. The lowest BCUT2D eigenvalue weighted by Crippen LogP contribution is -2.46. The molecule has 4 rings (SSSR count). The Labute approximate surface area is 181 Å². The fourth-order valence-corrected chi connectivity index (χ4v) is 4.39. The summed E-state index contributed by atoms with van der Waals surface area (Å²) in [6.07, 6.45) is 3.32. The van der Waals surface area contributed by atoms with Crippen LogP contribution in [-0.2, 0) is 6.42 Å². The van der Waals surface area contributed by atoms with E-state index in [1.54, 1.807) is 31.2 Å². The van der Waals surface area contributed by atoms with Gasteiger partial charge in [0.05, 0.1) is 12.2 Å². The van der Waals surface area contributed by atoms with Crippen molar-refractivity contribution in [1.82, 2.24) is 10.2 Å². The van der Waals surface area contributed by atoms with Crippen molar-refractivity contribution in [3.63, 3.8) is 0 Å². The number of nitrogens with zero attached hydrogens (tertiary/aromatic N) is 1. The molecule has 2 amide bonds. The van der Waals surface area contributed by atoms with Crippen LogP contribution in [-0.4, -0.2) is 48.2 Å². The van der Waals surface area contributed by atoms with E-state index in [0.29, 0.717) is 67.8 Å². The first-order valence-corrected chi connectivity index (χ1v) is 11.0. The van der Waals surface area contributed by atoms with Gasteiger partial charge in [0.1, 0.15) is 11.5 Å². The maximum Gasteiger partial charge on any atom is 0.287 e. The second kappa shape index (κ2) is 8.96. The zero-order valence-corrected chi connectivity index (χ0v) is 18.0. The molecule has 2 aliphatic rings. The number of aryl methyl sites for hydroxylation is 1. The number of hydrogen-bond donors (Lipinski definition) is 1. The van der Waals surface area contributed by atoms with Gasteiger partial charge in [-0.2, -0.15) is 0 Å². The second-order valence-corrected chi connectivity index (χ2v) is 8.13. The summed E-state index contributed by atoms with van der Waals surface area (Å²) < 4.78 is 11.2. The topological polar surface area (TPSA) is 88.8 Å². The van der Waals surface area contributed by atoms with Crippen molar-refractivity contribution in [2.75, 3.05) is 19.7 Å². The monoisotopic (exact) mass is 424 g/mol. The summed E-state index contributed by atoms with van der Waals surface area (Å²) in [4.78, 5) is 39.5. The molecule has 1 aliphatic heterocycles. The van der Waals surface area contributed by atoms with E-state index >= 15 is 0 Å². The molecule has 164 valence electrons. The molecule has 1 aliphatic carbocycles. The normalized spacial score (nSPS) is 16.7. The smallest absolute Gasteiger partial charge is 0.287 e. The Hall–Kier alpha value is -3.09. The highest BCUT2D eigenvalue weighted by molar-refractivity contribution is 6.03. The molecule has 0 atom stereocenters. The van der Waals surface area contributed by atoms with Gasteiger partial charge < -0.3 is 19.4 Å². The third kappa shape index (κ3) is 4.36. The number of carbonyl (C=O) groups is 3.